The molecular formula is C9H9N3O2S. The zero-order chi connectivity index (χ0) is 11.1. The smallest absolute Gasteiger partial charge is 0.249 e. The summed E-state index contributed by atoms with van der Waals surface area (Å²) >= 11 is 0. The zero-order valence-electron chi connectivity index (χ0n) is 8.01. The maximum atomic E-state index is 11.2. The monoisotopic (exact) mass is 223 g/mol. The molecule has 0 spiro atoms. The molecule has 5 nitrogen and oxygen atoms in total. The first-order valence-electron chi connectivity index (χ1n) is 4.21. The van der Waals surface area contributed by atoms with Crippen molar-refractivity contribution in [3.8, 4) is 0 Å². The van der Waals surface area contributed by atoms with Crippen LogP contribution < -0.4 is 5.73 Å². The van der Waals surface area contributed by atoms with Gasteiger partial charge in [-0.2, -0.15) is 0 Å². The van der Waals surface area contributed by atoms with Crippen LogP contribution in [0.15, 0.2) is 29.4 Å². The summed E-state index contributed by atoms with van der Waals surface area (Å²) in [6.07, 6.45) is 1.05. The van der Waals surface area contributed by atoms with Crippen LogP contribution in [0.4, 0.5) is 5.82 Å². The van der Waals surface area contributed by atoms with Crippen LogP contribution >= 0.6 is 0 Å². The van der Waals surface area contributed by atoms with Crippen molar-refractivity contribution in [3.63, 3.8) is 0 Å². The average molecular weight is 223 g/mol. The normalized spacial score (nSPS) is 11.8. The molecule has 0 amide bonds. The molecule has 0 unspecified atom stereocenters. The van der Waals surface area contributed by atoms with Crippen molar-refractivity contribution in [1.82, 2.24) is 9.97 Å². The molecule has 2 rings (SSSR count). The standard InChI is InChI=1S/C9H9N3O2S/c1-15(13,14)9-11-7-5-3-2-4-6(7)8(10)12-9/h2-5H,1H3,(H2,10,11,12). The third kappa shape index (κ3) is 1.75. The predicted molar refractivity (Wildman–Crippen MR) is 57.1 cm³/mol. The average Bonchev–Trinajstić information content (AvgIpc) is 2.16. The maximum Gasteiger partial charge on any atom is 0.249 e. The van der Waals surface area contributed by atoms with E-state index in [0.29, 0.717) is 10.9 Å². The summed E-state index contributed by atoms with van der Waals surface area (Å²) < 4.78 is 22.5. The fourth-order valence-electron chi connectivity index (χ4n) is 1.24. The van der Waals surface area contributed by atoms with E-state index < -0.39 is 9.84 Å². The highest BCUT2D eigenvalue weighted by atomic mass is 32.2. The summed E-state index contributed by atoms with van der Waals surface area (Å²) in [5, 5.41) is 0.420. The first kappa shape index (κ1) is 9.85. The summed E-state index contributed by atoms with van der Waals surface area (Å²) in [7, 11) is -3.42. The molecule has 0 aliphatic carbocycles. The second-order valence-electron chi connectivity index (χ2n) is 3.18. The summed E-state index contributed by atoms with van der Waals surface area (Å²) in [6.45, 7) is 0. The van der Waals surface area contributed by atoms with Crippen molar-refractivity contribution in [3.05, 3.63) is 24.3 Å². The van der Waals surface area contributed by atoms with Gasteiger partial charge in [0, 0.05) is 11.6 Å². The fourth-order valence-corrected chi connectivity index (χ4v) is 1.77. The van der Waals surface area contributed by atoms with Gasteiger partial charge in [-0.05, 0) is 12.1 Å². The second kappa shape index (κ2) is 3.16. The molecule has 1 aromatic carbocycles. The van der Waals surface area contributed by atoms with Gasteiger partial charge in [0.1, 0.15) is 5.82 Å². The summed E-state index contributed by atoms with van der Waals surface area (Å²) in [6, 6.07) is 7.00. The Balaban J connectivity index is 2.85. The largest absolute Gasteiger partial charge is 0.383 e. The molecule has 0 fully saturated rings. The molecule has 15 heavy (non-hydrogen) atoms. The minimum absolute atomic E-state index is 0.182. The molecule has 0 radical (unpaired) electrons. The van der Waals surface area contributed by atoms with E-state index in [4.69, 9.17) is 5.73 Å². The van der Waals surface area contributed by atoms with E-state index in [1.165, 1.54) is 0 Å². The molecule has 0 aliphatic heterocycles. The van der Waals surface area contributed by atoms with Gasteiger partial charge in [-0.1, -0.05) is 12.1 Å². The van der Waals surface area contributed by atoms with Gasteiger partial charge in [0.2, 0.25) is 15.0 Å². The lowest BCUT2D eigenvalue weighted by molar-refractivity contribution is 0.594. The predicted octanol–water partition coefficient (Wildman–Crippen LogP) is 0.616. The number of sulfone groups is 1. The lowest BCUT2D eigenvalue weighted by Gasteiger charge is -2.02. The highest BCUT2D eigenvalue weighted by Crippen LogP contribution is 2.18. The van der Waals surface area contributed by atoms with Crippen LogP contribution in [0.1, 0.15) is 0 Å². The van der Waals surface area contributed by atoms with E-state index in [1.54, 1.807) is 24.3 Å². The van der Waals surface area contributed by atoms with E-state index >= 15 is 0 Å². The zero-order valence-corrected chi connectivity index (χ0v) is 8.82. The number of para-hydroxylation sites is 1. The van der Waals surface area contributed by atoms with Gasteiger partial charge in [0.25, 0.3) is 0 Å². The Morgan fingerprint density at radius 3 is 2.53 bits per heavy atom. The highest BCUT2D eigenvalue weighted by molar-refractivity contribution is 7.90. The SMILES string of the molecule is CS(=O)(=O)c1nc(N)c2ccccc2n1. The van der Waals surface area contributed by atoms with Crippen LogP contribution in [0.25, 0.3) is 10.9 Å². The second-order valence-corrected chi connectivity index (χ2v) is 5.09. The van der Waals surface area contributed by atoms with Crippen LogP contribution in [-0.4, -0.2) is 24.6 Å². The molecule has 2 N–H and O–H groups in total. The van der Waals surface area contributed by atoms with Crippen LogP contribution in [0.5, 0.6) is 0 Å². The van der Waals surface area contributed by atoms with Crippen molar-refractivity contribution in [2.45, 2.75) is 5.16 Å². The molecule has 2 aromatic rings. The Bertz CT molecular complexity index is 622. The molecular weight excluding hydrogens is 214 g/mol. The van der Waals surface area contributed by atoms with E-state index in [1.807, 2.05) is 0 Å². The molecule has 6 heteroatoms. The molecule has 0 saturated heterocycles. The Hall–Kier alpha value is -1.69. The molecule has 0 atom stereocenters. The van der Waals surface area contributed by atoms with E-state index in [9.17, 15) is 8.42 Å². The third-order valence-corrected chi connectivity index (χ3v) is 2.79. The first-order chi connectivity index (χ1) is 6.98. The molecule has 0 saturated carbocycles. The number of hydrogen-bond acceptors (Lipinski definition) is 5. The molecule has 78 valence electrons. The van der Waals surface area contributed by atoms with Gasteiger partial charge in [-0.15, -0.1) is 0 Å². The number of hydrogen-bond donors (Lipinski definition) is 1. The Kier molecular flexibility index (Phi) is 2.08. The Morgan fingerprint density at radius 1 is 1.20 bits per heavy atom. The maximum absolute atomic E-state index is 11.2. The summed E-state index contributed by atoms with van der Waals surface area (Å²) in [5.74, 6) is 0.182. The molecule has 0 aliphatic rings. The molecule has 1 heterocycles. The molecule has 1 aromatic heterocycles. The van der Waals surface area contributed by atoms with Gasteiger partial charge in [0.15, 0.2) is 0 Å². The van der Waals surface area contributed by atoms with E-state index in [0.717, 1.165) is 6.26 Å². The summed E-state index contributed by atoms with van der Waals surface area (Å²) in [4.78, 5) is 7.68. The van der Waals surface area contributed by atoms with Crippen molar-refractivity contribution in [2.75, 3.05) is 12.0 Å². The number of aromatic nitrogens is 2. The minimum atomic E-state index is -3.42. The van der Waals surface area contributed by atoms with E-state index in [-0.39, 0.29) is 11.0 Å². The summed E-state index contributed by atoms with van der Waals surface area (Å²) in [5.41, 5.74) is 6.17. The number of benzene rings is 1. The van der Waals surface area contributed by atoms with Crippen LogP contribution in [0.3, 0.4) is 0 Å². The number of rotatable bonds is 1. The molecule has 0 bridgehead atoms. The number of nitrogens with two attached hydrogens (primary N) is 1. The Labute approximate surface area is 86.9 Å². The van der Waals surface area contributed by atoms with Crippen molar-refractivity contribution < 1.29 is 8.42 Å². The van der Waals surface area contributed by atoms with Crippen molar-refractivity contribution in [2.24, 2.45) is 0 Å². The van der Waals surface area contributed by atoms with Gasteiger partial charge in [0.05, 0.1) is 5.52 Å². The quantitative estimate of drug-likeness (QED) is 0.716. The van der Waals surface area contributed by atoms with Gasteiger partial charge >= 0.3 is 0 Å². The van der Waals surface area contributed by atoms with Gasteiger partial charge in [-0.25, -0.2) is 18.4 Å². The topological polar surface area (TPSA) is 85.9 Å². The van der Waals surface area contributed by atoms with Crippen molar-refractivity contribution in [1.29, 1.82) is 0 Å². The van der Waals surface area contributed by atoms with Gasteiger partial charge < -0.3 is 5.73 Å². The van der Waals surface area contributed by atoms with Gasteiger partial charge in [-0.3, -0.25) is 0 Å². The van der Waals surface area contributed by atoms with Crippen LogP contribution in [-0.2, 0) is 9.84 Å². The lowest BCUT2D eigenvalue weighted by atomic mass is 10.2. The van der Waals surface area contributed by atoms with E-state index in [2.05, 4.69) is 9.97 Å². The fraction of sp³-hybridized carbons (Fsp3) is 0.111. The Morgan fingerprint density at radius 2 is 1.87 bits per heavy atom. The van der Waals surface area contributed by atoms with Crippen molar-refractivity contribution >= 4 is 26.6 Å². The van der Waals surface area contributed by atoms with Crippen LogP contribution in [0, 0.1) is 0 Å². The minimum Gasteiger partial charge on any atom is -0.383 e. The lowest BCUT2D eigenvalue weighted by Crippen LogP contribution is -2.06. The highest BCUT2D eigenvalue weighted by Gasteiger charge is 2.13. The number of nitrogens with zero attached hydrogens (tertiary/aromatic N) is 2. The number of anilines is 1. The third-order valence-electron chi connectivity index (χ3n) is 1.94. The number of nitrogen functional groups attached to an aromatic ring is 1. The number of fused-ring (bicyclic) bond motifs is 1. The van der Waals surface area contributed by atoms with Crippen LogP contribution in [0.2, 0.25) is 0 Å². The first-order valence-corrected chi connectivity index (χ1v) is 6.10.